The number of hydrogen-bond acceptors (Lipinski definition) is 5. The number of carbonyl (C=O) groups is 1. The smallest absolute Gasteiger partial charge is 0.393 e. The van der Waals surface area contributed by atoms with Crippen molar-refractivity contribution in [2.75, 3.05) is 6.61 Å². The van der Waals surface area contributed by atoms with E-state index in [4.69, 9.17) is 10.2 Å². The third-order valence-electron chi connectivity index (χ3n) is 1.79. The Labute approximate surface area is 101 Å². The van der Waals surface area contributed by atoms with Crippen molar-refractivity contribution in [3.8, 4) is 0 Å². The van der Waals surface area contributed by atoms with E-state index in [2.05, 4.69) is 4.52 Å². The third-order valence-corrected chi connectivity index (χ3v) is 2.06. The predicted octanol–water partition coefficient (Wildman–Crippen LogP) is 1.86. The summed E-state index contributed by atoms with van der Waals surface area (Å²) < 4.78 is 13.4. The minimum atomic E-state index is -0.735. The fraction of sp³-hybridized carbons (Fsp3) is 0.364. The summed E-state index contributed by atoms with van der Waals surface area (Å²) in [7, 11) is -0.560. The second kappa shape index (κ2) is 9.90. The minimum absolute atomic E-state index is 0.218. The van der Waals surface area contributed by atoms with Gasteiger partial charge in [0.1, 0.15) is 6.10 Å². The van der Waals surface area contributed by atoms with Crippen LogP contribution < -0.4 is 0 Å². The molecule has 0 aliphatic rings. The molecule has 0 aliphatic heterocycles. The maximum absolute atomic E-state index is 9.98. The van der Waals surface area contributed by atoms with Crippen LogP contribution in [-0.2, 0) is 13.9 Å². The molecule has 1 unspecified atom stereocenters. The second-order valence-corrected chi connectivity index (χ2v) is 3.33. The van der Waals surface area contributed by atoms with Gasteiger partial charge in [-0.3, -0.25) is 4.79 Å². The van der Waals surface area contributed by atoms with Gasteiger partial charge in [0, 0.05) is 6.42 Å². The summed E-state index contributed by atoms with van der Waals surface area (Å²) in [6, 6.07) is 9.08. The van der Waals surface area contributed by atoms with Gasteiger partial charge in [-0.1, -0.05) is 37.3 Å². The molecule has 0 spiro atoms. The Kier molecular flexibility index (Phi) is 9.15. The molecule has 0 radical (unpaired) electrons. The van der Waals surface area contributed by atoms with Crippen molar-refractivity contribution < 1.29 is 24.1 Å². The summed E-state index contributed by atoms with van der Waals surface area (Å²) >= 11 is 0. The Morgan fingerprint density at radius 3 is 2.35 bits per heavy atom. The number of aliphatic hydroxyl groups excluding tert-OH is 2. The van der Waals surface area contributed by atoms with Crippen molar-refractivity contribution in [1.82, 2.24) is 0 Å². The van der Waals surface area contributed by atoms with Crippen LogP contribution in [0.3, 0.4) is 0 Å². The molecule has 5 nitrogen and oxygen atoms in total. The summed E-state index contributed by atoms with van der Waals surface area (Å²) in [6.07, 6.45) is -0.462. The molecule has 0 saturated carbocycles. The Balaban J connectivity index is 0.000000325. The van der Waals surface area contributed by atoms with Crippen LogP contribution in [0.15, 0.2) is 30.3 Å². The van der Waals surface area contributed by atoms with Crippen LogP contribution >= 0.6 is 8.69 Å². The lowest BCUT2D eigenvalue weighted by Crippen LogP contribution is -2.01. The first kappa shape index (κ1) is 15.7. The molecular weight excluding hydrogens is 243 g/mol. The molecule has 0 aliphatic carbocycles. The van der Waals surface area contributed by atoms with E-state index in [0.717, 1.165) is 5.56 Å². The molecular formula is C11H15O5P. The molecule has 0 bridgehead atoms. The van der Waals surface area contributed by atoms with Gasteiger partial charge in [0.15, 0.2) is 0 Å². The molecule has 0 fully saturated rings. The highest BCUT2D eigenvalue weighted by Gasteiger charge is 2.02. The minimum Gasteiger partial charge on any atom is -0.393 e. The van der Waals surface area contributed by atoms with Crippen LogP contribution in [0.1, 0.15) is 25.0 Å². The van der Waals surface area contributed by atoms with Gasteiger partial charge in [-0.15, -0.1) is 0 Å². The predicted molar refractivity (Wildman–Crippen MR) is 62.5 cm³/mol. The summed E-state index contributed by atoms with van der Waals surface area (Å²) in [5, 5.41) is 17.6. The molecule has 0 saturated heterocycles. The first-order valence-corrected chi connectivity index (χ1v) is 5.75. The van der Waals surface area contributed by atoms with Gasteiger partial charge >= 0.3 is 14.7 Å². The van der Waals surface area contributed by atoms with Crippen molar-refractivity contribution in [3.63, 3.8) is 0 Å². The summed E-state index contributed by atoms with van der Waals surface area (Å²) in [5.41, 5.74) is 0.755. The van der Waals surface area contributed by atoms with E-state index in [0.29, 0.717) is 0 Å². The lowest BCUT2D eigenvalue weighted by molar-refractivity contribution is -0.133. The third kappa shape index (κ3) is 7.58. The molecule has 6 heteroatoms. The van der Waals surface area contributed by atoms with Crippen molar-refractivity contribution >= 4 is 14.7 Å². The highest BCUT2D eigenvalue weighted by atomic mass is 31.1. The van der Waals surface area contributed by atoms with E-state index < -0.39 is 20.8 Å². The zero-order valence-corrected chi connectivity index (χ0v) is 10.3. The number of rotatable bonds is 4. The maximum Gasteiger partial charge on any atom is 0.398 e. The lowest BCUT2D eigenvalue weighted by Gasteiger charge is -2.05. The zero-order chi connectivity index (χ0) is 13.1. The number of carbonyl (C=O) groups excluding carboxylic acids is 1. The molecule has 0 heterocycles. The Morgan fingerprint density at radius 1 is 1.41 bits per heavy atom. The molecule has 1 aromatic rings. The fourth-order valence-corrected chi connectivity index (χ4v) is 1.10. The summed E-state index contributed by atoms with van der Waals surface area (Å²) in [5.74, 6) is -0.448. The number of hydrogen-bond donors (Lipinski definition) is 2. The van der Waals surface area contributed by atoms with Gasteiger partial charge in [0.2, 0.25) is 0 Å². The van der Waals surface area contributed by atoms with Crippen LogP contribution in [0.25, 0.3) is 0 Å². The average Bonchev–Trinajstić information content (AvgIpc) is 2.39. The van der Waals surface area contributed by atoms with Crippen molar-refractivity contribution in [2.45, 2.75) is 19.4 Å². The molecule has 1 atom stereocenters. The van der Waals surface area contributed by atoms with E-state index in [9.17, 15) is 9.36 Å². The first-order chi connectivity index (χ1) is 8.15. The molecule has 0 aromatic heterocycles. The molecule has 0 amide bonds. The van der Waals surface area contributed by atoms with Gasteiger partial charge in [0.05, 0.1) is 6.61 Å². The molecule has 1 aromatic carbocycles. The normalized spacial score (nSPS) is 11.2. The average molecular weight is 258 g/mol. The van der Waals surface area contributed by atoms with Crippen LogP contribution in [0.4, 0.5) is 0 Å². The van der Waals surface area contributed by atoms with E-state index >= 15 is 0 Å². The summed E-state index contributed by atoms with van der Waals surface area (Å²) in [6.45, 7) is 1.41. The van der Waals surface area contributed by atoms with Crippen LogP contribution in [0.2, 0.25) is 0 Å². The standard InChI is InChI=1S/C8H10O2.C3H5O3P/c9-6-8(10)7-4-2-1-3-5-7;1-2-3(4)6-7-5/h1-5,8-10H,6H2;2H2,1H3. The second-order valence-electron chi connectivity index (χ2n) is 3.00. The summed E-state index contributed by atoms with van der Waals surface area (Å²) in [4.78, 5) is 9.98. The SMILES string of the molecule is CCC(=O)OP=O.OCC(O)c1ccccc1. The van der Waals surface area contributed by atoms with Crippen molar-refractivity contribution in [2.24, 2.45) is 0 Å². The molecule has 94 valence electrons. The number of benzene rings is 1. The van der Waals surface area contributed by atoms with E-state index in [1.807, 2.05) is 18.2 Å². The first-order valence-electron chi connectivity index (χ1n) is 5.02. The Morgan fingerprint density at radius 2 is 2.00 bits per heavy atom. The monoisotopic (exact) mass is 258 g/mol. The van der Waals surface area contributed by atoms with E-state index in [-0.39, 0.29) is 13.0 Å². The van der Waals surface area contributed by atoms with Crippen molar-refractivity contribution in [3.05, 3.63) is 35.9 Å². The van der Waals surface area contributed by atoms with E-state index in [1.165, 1.54) is 0 Å². The van der Waals surface area contributed by atoms with Crippen LogP contribution in [0.5, 0.6) is 0 Å². The van der Waals surface area contributed by atoms with Gasteiger partial charge in [-0.2, -0.15) is 0 Å². The van der Waals surface area contributed by atoms with Gasteiger partial charge in [-0.05, 0) is 5.56 Å². The van der Waals surface area contributed by atoms with Crippen LogP contribution in [0, 0.1) is 0 Å². The Bertz CT molecular complexity index is 328. The largest absolute Gasteiger partial charge is 0.398 e. The lowest BCUT2D eigenvalue weighted by atomic mass is 10.1. The van der Waals surface area contributed by atoms with Gasteiger partial charge < -0.3 is 14.7 Å². The van der Waals surface area contributed by atoms with Gasteiger partial charge in [-0.25, -0.2) is 4.57 Å². The van der Waals surface area contributed by atoms with E-state index in [1.54, 1.807) is 19.1 Å². The Hall–Kier alpha value is -1.29. The molecule has 2 N–H and O–H groups in total. The van der Waals surface area contributed by atoms with Crippen molar-refractivity contribution in [1.29, 1.82) is 0 Å². The maximum atomic E-state index is 9.98. The number of aliphatic hydroxyl groups is 2. The molecule has 17 heavy (non-hydrogen) atoms. The topological polar surface area (TPSA) is 83.8 Å². The highest BCUT2D eigenvalue weighted by molar-refractivity contribution is 7.18. The fourth-order valence-electron chi connectivity index (χ4n) is 0.887. The molecule has 1 rings (SSSR count). The zero-order valence-electron chi connectivity index (χ0n) is 9.44. The van der Waals surface area contributed by atoms with Crippen LogP contribution in [-0.4, -0.2) is 22.8 Å². The van der Waals surface area contributed by atoms with Gasteiger partial charge in [0.25, 0.3) is 0 Å². The highest BCUT2D eigenvalue weighted by Crippen LogP contribution is 2.09. The quantitative estimate of drug-likeness (QED) is 0.805.